The minimum Gasteiger partial charge on any atom is -0.490 e. The van der Waals surface area contributed by atoms with Gasteiger partial charge < -0.3 is 19.9 Å². The number of nitrogens with one attached hydrogen (secondary N) is 1. The summed E-state index contributed by atoms with van der Waals surface area (Å²) in [6.45, 7) is -1.10. The first-order valence-corrected chi connectivity index (χ1v) is 8.88. The maximum Gasteiger partial charge on any atom is 0.387 e. The van der Waals surface area contributed by atoms with Gasteiger partial charge in [0.05, 0.1) is 6.61 Å². The Bertz CT molecular complexity index is 699. The first-order chi connectivity index (χ1) is 12.9. The minimum absolute atomic E-state index is 0.0647. The van der Waals surface area contributed by atoms with Gasteiger partial charge in [0.25, 0.3) is 0 Å². The van der Waals surface area contributed by atoms with Crippen molar-refractivity contribution in [1.29, 1.82) is 0 Å². The summed E-state index contributed by atoms with van der Waals surface area (Å²) in [5, 5.41) is 11.9. The Hall–Kier alpha value is -2.64. The fourth-order valence-electron chi connectivity index (χ4n) is 2.99. The maximum absolute atomic E-state index is 12.5. The van der Waals surface area contributed by atoms with Crippen LogP contribution in [0.25, 0.3) is 6.08 Å². The molecule has 0 atom stereocenters. The lowest BCUT2D eigenvalue weighted by molar-refractivity contribution is -0.135. The first kappa shape index (κ1) is 20.7. The lowest BCUT2D eigenvalue weighted by Gasteiger charge is -2.20. The number of carboxylic acid groups (broad SMARTS) is 1. The summed E-state index contributed by atoms with van der Waals surface area (Å²) >= 11 is 0. The molecule has 0 bridgehead atoms. The van der Waals surface area contributed by atoms with E-state index in [2.05, 4.69) is 10.1 Å². The second-order valence-electron chi connectivity index (χ2n) is 6.21. The number of rotatable bonds is 8. The van der Waals surface area contributed by atoms with Crippen molar-refractivity contribution >= 4 is 18.0 Å². The molecule has 148 valence electrons. The molecule has 2 N–H and O–H groups in total. The zero-order valence-corrected chi connectivity index (χ0v) is 15.0. The summed E-state index contributed by atoms with van der Waals surface area (Å²) in [6, 6.07) is 4.07. The highest BCUT2D eigenvalue weighted by molar-refractivity contribution is 5.97. The number of amides is 1. The summed E-state index contributed by atoms with van der Waals surface area (Å²) in [6.07, 6.45) is 5.73. The number of carbonyl (C=O) groups is 2. The Labute approximate surface area is 156 Å². The van der Waals surface area contributed by atoms with Crippen LogP contribution in [0.5, 0.6) is 11.5 Å². The Kier molecular flexibility index (Phi) is 7.57. The maximum atomic E-state index is 12.5. The van der Waals surface area contributed by atoms with E-state index in [0.717, 1.165) is 32.1 Å². The van der Waals surface area contributed by atoms with Gasteiger partial charge in [-0.3, -0.25) is 4.79 Å². The molecule has 1 aromatic rings. The zero-order chi connectivity index (χ0) is 19.8. The molecule has 8 heteroatoms. The van der Waals surface area contributed by atoms with E-state index in [9.17, 15) is 23.5 Å². The Balaban J connectivity index is 2.21. The average Bonchev–Trinajstić information content (AvgIpc) is 2.63. The van der Waals surface area contributed by atoms with E-state index in [1.165, 1.54) is 24.3 Å². The van der Waals surface area contributed by atoms with Gasteiger partial charge in [0.15, 0.2) is 11.5 Å². The Morgan fingerprint density at radius 3 is 2.56 bits per heavy atom. The molecule has 1 saturated carbocycles. The number of alkyl halides is 2. The van der Waals surface area contributed by atoms with E-state index in [4.69, 9.17) is 4.74 Å². The number of aliphatic carboxylic acids is 1. The summed E-state index contributed by atoms with van der Waals surface area (Å²) < 4.78 is 34.6. The number of hydrogen-bond acceptors (Lipinski definition) is 4. The van der Waals surface area contributed by atoms with Crippen molar-refractivity contribution in [3.63, 3.8) is 0 Å². The van der Waals surface area contributed by atoms with Crippen LogP contribution in [-0.2, 0) is 9.59 Å². The highest BCUT2D eigenvalue weighted by atomic mass is 19.3. The van der Waals surface area contributed by atoms with Crippen molar-refractivity contribution in [2.45, 2.75) is 45.6 Å². The minimum atomic E-state index is -3.00. The quantitative estimate of drug-likeness (QED) is 0.667. The lowest BCUT2D eigenvalue weighted by atomic mass is 9.88. The molecule has 1 aliphatic carbocycles. The number of halogens is 2. The Morgan fingerprint density at radius 2 is 1.96 bits per heavy atom. The largest absolute Gasteiger partial charge is 0.490 e. The average molecular weight is 383 g/mol. The number of benzene rings is 1. The SMILES string of the molecule is CCOc1cc(/C=C(/NC(=O)C2CCCCC2)C(=O)O)ccc1OC(F)F. The van der Waals surface area contributed by atoms with E-state index >= 15 is 0 Å². The molecule has 0 spiro atoms. The van der Waals surface area contributed by atoms with E-state index in [1.54, 1.807) is 6.92 Å². The lowest BCUT2D eigenvalue weighted by Crippen LogP contribution is -2.33. The molecule has 6 nitrogen and oxygen atoms in total. The van der Waals surface area contributed by atoms with Crippen LogP contribution >= 0.6 is 0 Å². The summed E-state index contributed by atoms with van der Waals surface area (Å²) in [7, 11) is 0. The topological polar surface area (TPSA) is 84.9 Å². The Morgan fingerprint density at radius 1 is 1.26 bits per heavy atom. The highest BCUT2D eigenvalue weighted by Crippen LogP contribution is 2.30. The second-order valence-corrected chi connectivity index (χ2v) is 6.21. The third-order valence-electron chi connectivity index (χ3n) is 4.26. The van der Waals surface area contributed by atoms with Crippen LogP contribution < -0.4 is 14.8 Å². The third kappa shape index (κ3) is 6.23. The van der Waals surface area contributed by atoms with Crippen molar-refractivity contribution in [2.75, 3.05) is 6.61 Å². The fourth-order valence-corrected chi connectivity index (χ4v) is 2.99. The third-order valence-corrected chi connectivity index (χ3v) is 4.26. The van der Waals surface area contributed by atoms with Gasteiger partial charge in [-0.15, -0.1) is 0 Å². The molecule has 0 heterocycles. The molecular formula is C19H23F2NO5. The van der Waals surface area contributed by atoms with Gasteiger partial charge in [0, 0.05) is 5.92 Å². The van der Waals surface area contributed by atoms with Crippen molar-refractivity contribution in [3.8, 4) is 11.5 Å². The molecule has 1 aromatic carbocycles. The van der Waals surface area contributed by atoms with Gasteiger partial charge in [-0.25, -0.2) is 4.79 Å². The van der Waals surface area contributed by atoms with Crippen molar-refractivity contribution < 1.29 is 33.0 Å². The summed E-state index contributed by atoms with van der Waals surface area (Å²) in [5.41, 5.74) is 0.0944. The van der Waals surface area contributed by atoms with Gasteiger partial charge in [-0.2, -0.15) is 8.78 Å². The summed E-state index contributed by atoms with van der Waals surface area (Å²) in [5.74, 6) is -1.87. The molecule has 0 saturated heterocycles. The molecular weight excluding hydrogens is 360 g/mol. The molecule has 2 rings (SSSR count). The van der Waals surface area contributed by atoms with Crippen LogP contribution in [0.2, 0.25) is 0 Å². The number of hydrogen-bond donors (Lipinski definition) is 2. The number of ether oxygens (including phenoxy) is 2. The number of carbonyl (C=O) groups excluding carboxylic acids is 1. The molecule has 1 aliphatic rings. The van der Waals surface area contributed by atoms with Crippen molar-refractivity contribution in [1.82, 2.24) is 5.32 Å². The van der Waals surface area contributed by atoms with Gasteiger partial charge >= 0.3 is 12.6 Å². The van der Waals surface area contributed by atoms with Crippen LogP contribution in [0.15, 0.2) is 23.9 Å². The van der Waals surface area contributed by atoms with Crippen molar-refractivity contribution in [3.05, 3.63) is 29.5 Å². The second kappa shape index (κ2) is 9.89. The van der Waals surface area contributed by atoms with Crippen LogP contribution in [0, 0.1) is 5.92 Å². The van der Waals surface area contributed by atoms with Gasteiger partial charge in [0.2, 0.25) is 5.91 Å². The smallest absolute Gasteiger partial charge is 0.387 e. The first-order valence-electron chi connectivity index (χ1n) is 8.88. The predicted octanol–water partition coefficient (Wildman–Crippen LogP) is 3.81. The monoisotopic (exact) mass is 383 g/mol. The van der Waals surface area contributed by atoms with Crippen LogP contribution in [0.3, 0.4) is 0 Å². The molecule has 1 amide bonds. The fraction of sp³-hybridized carbons (Fsp3) is 0.474. The van der Waals surface area contributed by atoms with E-state index in [1.807, 2.05) is 0 Å². The van der Waals surface area contributed by atoms with E-state index < -0.39 is 12.6 Å². The van der Waals surface area contributed by atoms with E-state index in [-0.39, 0.29) is 35.6 Å². The zero-order valence-electron chi connectivity index (χ0n) is 15.0. The van der Waals surface area contributed by atoms with Gasteiger partial charge in [0.1, 0.15) is 5.70 Å². The van der Waals surface area contributed by atoms with Crippen LogP contribution in [-0.4, -0.2) is 30.2 Å². The molecule has 27 heavy (non-hydrogen) atoms. The highest BCUT2D eigenvalue weighted by Gasteiger charge is 2.23. The van der Waals surface area contributed by atoms with Crippen LogP contribution in [0.1, 0.15) is 44.6 Å². The van der Waals surface area contributed by atoms with Gasteiger partial charge in [-0.1, -0.05) is 25.3 Å². The van der Waals surface area contributed by atoms with Gasteiger partial charge in [-0.05, 0) is 43.5 Å². The van der Waals surface area contributed by atoms with E-state index in [0.29, 0.717) is 5.56 Å². The van der Waals surface area contributed by atoms with Crippen molar-refractivity contribution in [2.24, 2.45) is 5.92 Å². The standard InChI is InChI=1S/C19H23F2NO5/c1-2-26-16-11-12(8-9-15(16)27-19(20)21)10-14(18(24)25)22-17(23)13-6-4-3-5-7-13/h8-11,13,19H,2-7H2,1H3,(H,22,23)(H,24,25)/b14-10+. The normalized spacial score (nSPS) is 15.5. The molecule has 0 unspecified atom stereocenters. The molecule has 0 aliphatic heterocycles. The summed E-state index contributed by atoms with van der Waals surface area (Å²) in [4.78, 5) is 23.8. The number of carboxylic acids is 1. The predicted molar refractivity (Wildman–Crippen MR) is 94.6 cm³/mol. The van der Waals surface area contributed by atoms with Crippen LogP contribution in [0.4, 0.5) is 8.78 Å². The molecule has 0 aromatic heterocycles. The molecule has 1 fully saturated rings. The molecule has 0 radical (unpaired) electrons.